The molecule has 4 nitrogen and oxygen atoms in total. The monoisotopic (exact) mass is 330 g/mol. The first-order chi connectivity index (χ1) is 11.5. The Morgan fingerprint density at radius 3 is 2.62 bits per heavy atom. The van der Waals surface area contributed by atoms with Crippen LogP contribution >= 0.6 is 0 Å². The van der Waals surface area contributed by atoms with Gasteiger partial charge < -0.3 is 10.6 Å². The van der Waals surface area contributed by atoms with Crippen LogP contribution in [-0.2, 0) is 11.3 Å². The summed E-state index contributed by atoms with van der Waals surface area (Å²) in [6, 6.07) is 9.76. The average Bonchev–Trinajstić information content (AvgIpc) is 3.40. The molecule has 0 saturated heterocycles. The number of anilines is 1. The van der Waals surface area contributed by atoms with Crippen LogP contribution in [0.25, 0.3) is 0 Å². The number of halogens is 2. The first kappa shape index (κ1) is 16.1. The summed E-state index contributed by atoms with van der Waals surface area (Å²) in [5.74, 6) is -2.05. The molecular formula is C18H16F2N2O2. The van der Waals surface area contributed by atoms with Gasteiger partial charge in [0.2, 0.25) is 5.91 Å². The Hall–Kier alpha value is -2.76. The minimum atomic E-state index is -0.778. The van der Waals surface area contributed by atoms with Crippen LogP contribution in [0, 0.1) is 17.6 Å². The van der Waals surface area contributed by atoms with Gasteiger partial charge >= 0.3 is 0 Å². The van der Waals surface area contributed by atoms with Crippen LogP contribution in [0.5, 0.6) is 0 Å². The first-order valence-corrected chi connectivity index (χ1v) is 7.66. The molecule has 124 valence electrons. The summed E-state index contributed by atoms with van der Waals surface area (Å²) in [6.45, 7) is 0.141. The van der Waals surface area contributed by atoms with Gasteiger partial charge in [-0.1, -0.05) is 12.1 Å². The Balaban J connectivity index is 1.62. The van der Waals surface area contributed by atoms with Gasteiger partial charge in [-0.15, -0.1) is 0 Å². The van der Waals surface area contributed by atoms with E-state index in [4.69, 9.17) is 0 Å². The Morgan fingerprint density at radius 2 is 1.88 bits per heavy atom. The smallest absolute Gasteiger partial charge is 0.254 e. The highest BCUT2D eigenvalue weighted by molar-refractivity contribution is 5.95. The van der Waals surface area contributed by atoms with E-state index in [1.54, 1.807) is 24.3 Å². The van der Waals surface area contributed by atoms with Crippen LogP contribution < -0.4 is 10.6 Å². The highest BCUT2D eigenvalue weighted by Gasteiger charge is 2.29. The summed E-state index contributed by atoms with van der Waals surface area (Å²) in [5.41, 5.74) is 1.05. The lowest BCUT2D eigenvalue weighted by atomic mass is 10.1. The van der Waals surface area contributed by atoms with E-state index < -0.39 is 17.5 Å². The summed E-state index contributed by atoms with van der Waals surface area (Å²) in [4.78, 5) is 23.7. The Bertz CT molecular complexity index is 788. The maximum Gasteiger partial charge on any atom is 0.254 e. The van der Waals surface area contributed by atoms with Crippen molar-refractivity contribution in [1.29, 1.82) is 0 Å². The van der Waals surface area contributed by atoms with Crippen LogP contribution in [0.1, 0.15) is 28.8 Å². The van der Waals surface area contributed by atoms with Crippen LogP contribution in [0.15, 0.2) is 42.5 Å². The van der Waals surface area contributed by atoms with Gasteiger partial charge in [-0.05, 0) is 48.7 Å². The van der Waals surface area contributed by atoms with Crippen LogP contribution in [-0.4, -0.2) is 11.8 Å². The molecule has 2 aromatic carbocycles. The molecule has 1 aliphatic rings. The normalized spacial score (nSPS) is 13.4. The zero-order chi connectivity index (χ0) is 17.1. The molecule has 1 fully saturated rings. The topological polar surface area (TPSA) is 58.2 Å². The molecule has 0 bridgehead atoms. The lowest BCUT2D eigenvalue weighted by molar-refractivity contribution is -0.117. The van der Waals surface area contributed by atoms with Crippen molar-refractivity contribution in [2.45, 2.75) is 19.4 Å². The van der Waals surface area contributed by atoms with Crippen molar-refractivity contribution in [3.05, 3.63) is 65.2 Å². The lowest BCUT2D eigenvalue weighted by Gasteiger charge is -2.09. The van der Waals surface area contributed by atoms with E-state index in [0.29, 0.717) is 5.69 Å². The third-order valence-electron chi connectivity index (χ3n) is 3.77. The quantitative estimate of drug-likeness (QED) is 0.884. The molecule has 2 aromatic rings. The SMILES string of the molecule is O=C(NCc1cccc(NC(=O)C2CC2)c1)c1cc(F)ccc1F. The summed E-state index contributed by atoms with van der Waals surface area (Å²) in [7, 11) is 0. The van der Waals surface area contributed by atoms with Crippen molar-refractivity contribution >= 4 is 17.5 Å². The van der Waals surface area contributed by atoms with Gasteiger partial charge in [0.25, 0.3) is 5.91 Å². The summed E-state index contributed by atoms with van der Waals surface area (Å²) < 4.78 is 26.7. The zero-order valence-electron chi connectivity index (χ0n) is 12.8. The lowest BCUT2D eigenvalue weighted by Crippen LogP contribution is -2.24. The Labute approximate surface area is 137 Å². The van der Waals surface area contributed by atoms with E-state index in [9.17, 15) is 18.4 Å². The molecule has 1 saturated carbocycles. The number of hydrogen-bond donors (Lipinski definition) is 2. The van der Waals surface area contributed by atoms with Gasteiger partial charge in [-0.3, -0.25) is 9.59 Å². The Kier molecular flexibility index (Phi) is 4.55. The second-order valence-electron chi connectivity index (χ2n) is 5.77. The van der Waals surface area contributed by atoms with E-state index >= 15 is 0 Å². The summed E-state index contributed by atoms with van der Waals surface area (Å²) in [5, 5.41) is 5.36. The molecule has 0 spiro atoms. The van der Waals surface area contributed by atoms with E-state index in [0.717, 1.165) is 36.6 Å². The third-order valence-corrected chi connectivity index (χ3v) is 3.77. The number of amides is 2. The van der Waals surface area contributed by atoms with Gasteiger partial charge in [0, 0.05) is 18.2 Å². The highest BCUT2D eigenvalue weighted by atomic mass is 19.1. The molecule has 1 aliphatic carbocycles. The first-order valence-electron chi connectivity index (χ1n) is 7.66. The van der Waals surface area contributed by atoms with Gasteiger partial charge in [0.15, 0.2) is 0 Å². The molecular weight excluding hydrogens is 314 g/mol. The molecule has 24 heavy (non-hydrogen) atoms. The summed E-state index contributed by atoms with van der Waals surface area (Å²) >= 11 is 0. The molecule has 0 atom stereocenters. The molecule has 0 aliphatic heterocycles. The fraction of sp³-hybridized carbons (Fsp3) is 0.222. The maximum atomic E-state index is 13.6. The number of carbonyl (C=O) groups excluding carboxylic acids is 2. The van der Waals surface area contributed by atoms with Gasteiger partial charge in [-0.2, -0.15) is 0 Å². The maximum absolute atomic E-state index is 13.6. The molecule has 2 N–H and O–H groups in total. The standard InChI is InChI=1S/C18H16F2N2O2/c19-13-6-7-16(20)15(9-13)18(24)21-10-11-2-1-3-14(8-11)22-17(23)12-4-5-12/h1-3,6-9,12H,4-5,10H2,(H,21,24)(H,22,23). The minimum absolute atomic E-state index is 0.00184. The van der Waals surface area contributed by atoms with Crippen molar-refractivity contribution in [2.75, 3.05) is 5.32 Å². The van der Waals surface area contributed by atoms with Crippen molar-refractivity contribution in [2.24, 2.45) is 5.92 Å². The number of hydrogen-bond acceptors (Lipinski definition) is 2. The molecule has 6 heteroatoms. The fourth-order valence-electron chi connectivity index (χ4n) is 2.30. The van der Waals surface area contributed by atoms with Crippen LogP contribution in [0.2, 0.25) is 0 Å². The van der Waals surface area contributed by atoms with E-state index in [1.165, 1.54) is 0 Å². The second-order valence-corrected chi connectivity index (χ2v) is 5.77. The largest absolute Gasteiger partial charge is 0.348 e. The van der Waals surface area contributed by atoms with Gasteiger partial charge in [-0.25, -0.2) is 8.78 Å². The summed E-state index contributed by atoms with van der Waals surface area (Å²) in [6.07, 6.45) is 1.83. The Morgan fingerprint density at radius 1 is 1.08 bits per heavy atom. The predicted octanol–water partition coefficient (Wildman–Crippen LogP) is 3.24. The van der Waals surface area contributed by atoms with Crippen LogP contribution in [0.4, 0.5) is 14.5 Å². The van der Waals surface area contributed by atoms with Crippen molar-refractivity contribution in [3.8, 4) is 0 Å². The zero-order valence-corrected chi connectivity index (χ0v) is 12.8. The second kappa shape index (κ2) is 6.78. The van der Waals surface area contributed by atoms with Crippen molar-refractivity contribution in [1.82, 2.24) is 5.32 Å². The van der Waals surface area contributed by atoms with Gasteiger partial charge in [0.1, 0.15) is 11.6 Å². The van der Waals surface area contributed by atoms with Crippen molar-refractivity contribution in [3.63, 3.8) is 0 Å². The number of benzene rings is 2. The highest BCUT2D eigenvalue weighted by Crippen LogP contribution is 2.30. The molecule has 0 aromatic heterocycles. The third kappa shape index (κ3) is 3.95. The molecule has 0 heterocycles. The number of rotatable bonds is 5. The number of carbonyl (C=O) groups is 2. The fourth-order valence-corrected chi connectivity index (χ4v) is 2.30. The molecule has 0 radical (unpaired) electrons. The van der Waals surface area contributed by atoms with Gasteiger partial charge in [0.05, 0.1) is 5.56 Å². The van der Waals surface area contributed by atoms with Crippen molar-refractivity contribution < 1.29 is 18.4 Å². The molecule has 2 amide bonds. The number of nitrogens with one attached hydrogen (secondary N) is 2. The van der Waals surface area contributed by atoms with Crippen LogP contribution in [0.3, 0.4) is 0 Å². The van der Waals surface area contributed by atoms with E-state index in [1.807, 2.05) is 0 Å². The molecule has 0 unspecified atom stereocenters. The van der Waals surface area contributed by atoms with E-state index in [-0.39, 0.29) is 23.9 Å². The predicted molar refractivity (Wildman–Crippen MR) is 85.3 cm³/mol. The van der Waals surface area contributed by atoms with E-state index in [2.05, 4.69) is 10.6 Å². The minimum Gasteiger partial charge on any atom is -0.348 e. The molecule has 3 rings (SSSR count). The average molecular weight is 330 g/mol.